The summed E-state index contributed by atoms with van der Waals surface area (Å²) in [5.74, 6) is 1.83. The Morgan fingerprint density at radius 3 is 2.08 bits per heavy atom. The third-order valence-corrected chi connectivity index (χ3v) is 9.81. The average Bonchev–Trinajstić information content (AvgIpc) is 3.10. The van der Waals surface area contributed by atoms with Gasteiger partial charge in [0.05, 0.1) is 17.3 Å². The van der Waals surface area contributed by atoms with Gasteiger partial charge in [-0.3, -0.25) is 14.9 Å². The van der Waals surface area contributed by atoms with Gasteiger partial charge in [0, 0.05) is 30.6 Å². The molecule has 0 radical (unpaired) electrons. The lowest BCUT2D eigenvalue weighted by molar-refractivity contribution is -0.122. The Bertz CT molecular complexity index is 1930. The third-order valence-electron chi connectivity index (χ3n) is 9.22. The number of nitrogens with one attached hydrogen (secondary N) is 1. The molecule has 4 aromatic rings. The molecule has 3 aliphatic rings. The second kappa shape index (κ2) is 13.1. The number of rotatable bonds is 7. The lowest BCUT2D eigenvalue weighted by atomic mass is 9.76. The van der Waals surface area contributed by atoms with Gasteiger partial charge in [-0.15, -0.1) is 6.42 Å². The van der Waals surface area contributed by atoms with E-state index in [9.17, 15) is 14.4 Å². The fraction of sp³-hybridized carbons (Fsp3) is 0.205. The van der Waals surface area contributed by atoms with Crippen LogP contribution < -0.4 is 24.6 Å². The predicted molar refractivity (Wildman–Crippen MR) is 188 cm³/mol. The highest BCUT2D eigenvalue weighted by Gasteiger charge is 2.40. The molecule has 0 bridgehead atoms. The lowest BCUT2D eigenvalue weighted by Gasteiger charge is -2.44. The standard InChI is InChI=1S/C39H32BrN3O5/c1-3-18-48-36-33(40)20-24(21-34(36)47-2)19-32-37(44)41-39(46)43(38(32)45)27-22-30-28(25-10-6-4-7-11-25)14-16-42-17-15-29(31(23-27)35(30)42)26-12-8-5-9-13-26/h1,4-13,19-23,28-29H,14-18H2,2H3,(H,41,44,46)/b32-19+/t28-,29-/m1/s1. The van der Waals surface area contributed by atoms with Crippen molar-refractivity contribution in [1.29, 1.82) is 0 Å². The van der Waals surface area contributed by atoms with Crippen LogP contribution in [0.1, 0.15) is 52.5 Å². The summed E-state index contributed by atoms with van der Waals surface area (Å²) in [5, 5.41) is 2.40. The normalized spacial score (nSPS) is 19.4. The third kappa shape index (κ3) is 5.62. The Balaban J connectivity index is 1.35. The Hall–Kier alpha value is -5.33. The molecule has 0 saturated carbocycles. The number of benzene rings is 4. The summed E-state index contributed by atoms with van der Waals surface area (Å²) in [5.41, 5.74) is 6.39. The zero-order valence-corrected chi connectivity index (χ0v) is 27.8. The highest BCUT2D eigenvalue weighted by atomic mass is 79.9. The molecule has 4 amide bonds. The molecule has 1 saturated heterocycles. The van der Waals surface area contributed by atoms with E-state index < -0.39 is 17.8 Å². The van der Waals surface area contributed by atoms with E-state index in [1.807, 2.05) is 48.5 Å². The zero-order chi connectivity index (χ0) is 33.4. The van der Waals surface area contributed by atoms with E-state index in [0.29, 0.717) is 27.2 Å². The first-order chi connectivity index (χ1) is 23.4. The maximum absolute atomic E-state index is 14.2. The van der Waals surface area contributed by atoms with E-state index in [-0.39, 0.29) is 24.0 Å². The number of terminal acetylenes is 1. The van der Waals surface area contributed by atoms with Gasteiger partial charge in [0.2, 0.25) is 0 Å². The predicted octanol–water partition coefficient (Wildman–Crippen LogP) is 7.01. The van der Waals surface area contributed by atoms with Gasteiger partial charge >= 0.3 is 6.03 Å². The number of urea groups is 1. The van der Waals surface area contributed by atoms with E-state index in [0.717, 1.165) is 42.0 Å². The minimum absolute atomic E-state index is 0.0319. The van der Waals surface area contributed by atoms with Crippen molar-refractivity contribution in [3.05, 3.63) is 123 Å². The van der Waals surface area contributed by atoms with Crippen LogP contribution in [0, 0.1) is 12.3 Å². The van der Waals surface area contributed by atoms with Crippen LogP contribution in [0.3, 0.4) is 0 Å². The molecular weight excluding hydrogens is 670 g/mol. The molecule has 4 aromatic carbocycles. The summed E-state index contributed by atoms with van der Waals surface area (Å²) >= 11 is 3.48. The number of hydrogen-bond donors (Lipinski definition) is 1. The van der Waals surface area contributed by atoms with Crippen LogP contribution in [0.5, 0.6) is 11.5 Å². The Morgan fingerprint density at radius 2 is 1.52 bits per heavy atom. The Kier molecular flexibility index (Phi) is 8.50. The molecule has 9 heteroatoms. The second-order valence-corrected chi connectivity index (χ2v) is 12.8. The maximum atomic E-state index is 14.2. The monoisotopic (exact) mass is 701 g/mol. The number of barbiturate groups is 1. The van der Waals surface area contributed by atoms with Crippen molar-refractivity contribution in [3.8, 4) is 23.8 Å². The van der Waals surface area contributed by atoms with Gasteiger partial charge in [-0.05, 0) is 86.9 Å². The molecule has 3 heterocycles. The molecule has 7 rings (SSSR count). The molecule has 3 aliphatic heterocycles. The largest absolute Gasteiger partial charge is 0.493 e. The second-order valence-electron chi connectivity index (χ2n) is 11.9. The SMILES string of the molecule is C#CCOc1c(Br)cc(/C=C2\C(=O)NC(=O)N(c3cc4c5c(c3)[C@@H](c3ccccc3)CCN5CC[C@@H]4c3ccccc3)C2=O)cc1OC. The van der Waals surface area contributed by atoms with E-state index >= 15 is 0 Å². The van der Waals surface area contributed by atoms with Crippen molar-refractivity contribution in [2.24, 2.45) is 0 Å². The van der Waals surface area contributed by atoms with E-state index in [4.69, 9.17) is 15.9 Å². The van der Waals surface area contributed by atoms with E-state index in [2.05, 4.69) is 56.3 Å². The number of methoxy groups -OCH3 is 1. The summed E-state index contributed by atoms with van der Waals surface area (Å²) in [6.45, 7) is 1.86. The number of ether oxygens (including phenoxy) is 2. The minimum Gasteiger partial charge on any atom is -0.493 e. The van der Waals surface area contributed by atoms with Crippen molar-refractivity contribution in [3.63, 3.8) is 0 Å². The minimum atomic E-state index is -0.790. The van der Waals surface area contributed by atoms with Crippen LogP contribution in [0.4, 0.5) is 16.2 Å². The molecule has 1 N–H and O–H groups in total. The summed E-state index contributed by atoms with van der Waals surface area (Å²) in [6.07, 6.45) is 8.60. The fourth-order valence-electron chi connectivity index (χ4n) is 7.10. The van der Waals surface area contributed by atoms with Gasteiger partial charge < -0.3 is 14.4 Å². The maximum Gasteiger partial charge on any atom is 0.335 e. The molecule has 0 aromatic heterocycles. The first-order valence-corrected chi connectivity index (χ1v) is 16.5. The van der Waals surface area contributed by atoms with Gasteiger partial charge in [-0.25, -0.2) is 9.69 Å². The van der Waals surface area contributed by atoms with Gasteiger partial charge in [-0.2, -0.15) is 0 Å². The van der Waals surface area contributed by atoms with Gasteiger partial charge in [0.1, 0.15) is 12.2 Å². The quantitative estimate of drug-likeness (QED) is 0.127. The molecule has 8 nitrogen and oxygen atoms in total. The van der Waals surface area contributed by atoms with Crippen molar-refractivity contribution >= 4 is 51.2 Å². The van der Waals surface area contributed by atoms with Crippen LogP contribution in [0.2, 0.25) is 0 Å². The van der Waals surface area contributed by atoms with Crippen LogP contribution in [-0.2, 0) is 9.59 Å². The zero-order valence-electron chi connectivity index (χ0n) is 26.2. The molecule has 0 spiro atoms. The molecule has 48 heavy (non-hydrogen) atoms. The summed E-state index contributed by atoms with van der Waals surface area (Å²) in [6, 6.07) is 27.1. The van der Waals surface area contributed by atoms with Crippen LogP contribution in [-0.4, -0.2) is 44.7 Å². The molecule has 2 atom stereocenters. The summed E-state index contributed by atoms with van der Waals surface area (Å²) < 4.78 is 11.6. The number of hydrogen-bond acceptors (Lipinski definition) is 6. The van der Waals surface area contributed by atoms with Crippen molar-refractivity contribution in [2.45, 2.75) is 24.7 Å². The van der Waals surface area contributed by atoms with Crippen LogP contribution >= 0.6 is 15.9 Å². The molecule has 0 unspecified atom stereocenters. The molecule has 240 valence electrons. The van der Waals surface area contributed by atoms with Crippen molar-refractivity contribution in [2.75, 3.05) is 36.6 Å². The number of carbonyl (C=O) groups excluding carboxylic acids is 3. The Morgan fingerprint density at radius 1 is 0.917 bits per heavy atom. The lowest BCUT2D eigenvalue weighted by Crippen LogP contribution is -2.54. The average molecular weight is 703 g/mol. The molecular formula is C39H32BrN3O5. The number of halogens is 1. The number of carbonyl (C=O) groups is 3. The number of nitrogens with zero attached hydrogens (tertiary/aromatic N) is 2. The number of amides is 4. The first-order valence-electron chi connectivity index (χ1n) is 15.8. The van der Waals surface area contributed by atoms with E-state index in [1.54, 1.807) is 12.1 Å². The van der Waals surface area contributed by atoms with Gasteiger partial charge in [-0.1, -0.05) is 66.6 Å². The summed E-state index contributed by atoms with van der Waals surface area (Å²) in [4.78, 5) is 44.5. The summed E-state index contributed by atoms with van der Waals surface area (Å²) in [7, 11) is 1.48. The fourth-order valence-corrected chi connectivity index (χ4v) is 7.68. The van der Waals surface area contributed by atoms with Crippen LogP contribution in [0.25, 0.3) is 6.08 Å². The van der Waals surface area contributed by atoms with Crippen molar-refractivity contribution < 1.29 is 23.9 Å². The van der Waals surface area contributed by atoms with E-state index in [1.165, 1.54) is 30.0 Å². The topological polar surface area (TPSA) is 88.2 Å². The van der Waals surface area contributed by atoms with Gasteiger partial charge in [0.15, 0.2) is 11.5 Å². The number of imide groups is 2. The number of anilines is 2. The molecule has 0 aliphatic carbocycles. The van der Waals surface area contributed by atoms with Gasteiger partial charge in [0.25, 0.3) is 11.8 Å². The van der Waals surface area contributed by atoms with Crippen molar-refractivity contribution in [1.82, 2.24) is 5.32 Å². The first kappa shape index (κ1) is 31.3. The highest BCUT2D eigenvalue weighted by Crippen LogP contribution is 2.50. The van der Waals surface area contributed by atoms with Crippen LogP contribution in [0.15, 0.2) is 95.0 Å². The Labute approximate surface area is 287 Å². The highest BCUT2D eigenvalue weighted by molar-refractivity contribution is 9.10. The smallest absolute Gasteiger partial charge is 0.335 e. The molecule has 1 fully saturated rings.